The number of hydrogen-bond donors (Lipinski definition) is 0. The van der Waals surface area contributed by atoms with Crippen molar-refractivity contribution in [2.75, 3.05) is 20.1 Å². The molecule has 0 amide bonds. The Morgan fingerprint density at radius 1 is 1.07 bits per heavy atom. The second-order valence-corrected chi connectivity index (χ2v) is 4.09. The lowest BCUT2D eigenvalue weighted by atomic mass is 9.80. The molecule has 0 aliphatic carbocycles. The lowest BCUT2D eigenvalue weighted by Crippen LogP contribution is -2.24. The molecular formula is C14H33N. The lowest BCUT2D eigenvalue weighted by Gasteiger charge is -2.26. The zero-order valence-electron chi connectivity index (χ0n) is 12.2. The standard InChI is InChI=1S/C10H21N.2C2H6/c1-4-6-10(5-2)7-8-11(3)9-10;2*1-2/h4-9H2,1-3H3;2*1-2H3. The van der Waals surface area contributed by atoms with E-state index in [4.69, 9.17) is 0 Å². The summed E-state index contributed by atoms with van der Waals surface area (Å²) in [4.78, 5) is 2.47. The Labute approximate surface area is 98.2 Å². The van der Waals surface area contributed by atoms with Gasteiger partial charge in [0, 0.05) is 6.54 Å². The van der Waals surface area contributed by atoms with E-state index in [9.17, 15) is 0 Å². The molecule has 94 valence electrons. The summed E-state index contributed by atoms with van der Waals surface area (Å²) in [7, 11) is 2.24. The van der Waals surface area contributed by atoms with Crippen LogP contribution in [-0.4, -0.2) is 25.0 Å². The molecule has 0 aromatic rings. The Morgan fingerprint density at radius 3 is 1.87 bits per heavy atom. The third-order valence-electron chi connectivity index (χ3n) is 3.16. The van der Waals surface area contributed by atoms with Gasteiger partial charge in [-0.05, 0) is 38.3 Å². The van der Waals surface area contributed by atoms with Crippen LogP contribution in [0.25, 0.3) is 0 Å². The van der Waals surface area contributed by atoms with Crippen molar-refractivity contribution in [1.29, 1.82) is 0 Å². The van der Waals surface area contributed by atoms with Crippen LogP contribution < -0.4 is 0 Å². The molecule has 1 saturated heterocycles. The van der Waals surface area contributed by atoms with Crippen molar-refractivity contribution in [2.24, 2.45) is 5.41 Å². The van der Waals surface area contributed by atoms with Crippen LogP contribution in [-0.2, 0) is 0 Å². The minimum Gasteiger partial charge on any atom is -0.306 e. The molecule has 1 atom stereocenters. The smallest absolute Gasteiger partial charge is 0.00353 e. The fraction of sp³-hybridized carbons (Fsp3) is 1.00. The van der Waals surface area contributed by atoms with Crippen molar-refractivity contribution < 1.29 is 0 Å². The van der Waals surface area contributed by atoms with Gasteiger partial charge < -0.3 is 4.90 Å². The van der Waals surface area contributed by atoms with Gasteiger partial charge in [-0.2, -0.15) is 0 Å². The fourth-order valence-corrected chi connectivity index (χ4v) is 2.36. The zero-order valence-corrected chi connectivity index (χ0v) is 12.2. The van der Waals surface area contributed by atoms with E-state index in [1.807, 2.05) is 27.7 Å². The van der Waals surface area contributed by atoms with Crippen molar-refractivity contribution in [2.45, 2.75) is 67.2 Å². The summed E-state index contributed by atoms with van der Waals surface area (Å²) in [5.41, 5.74) is 0.684. The van der Waals surface area contributed by atoms with Gasteiger partial charge in [-0.15, -0.1) is 0 Å². The summed E-state index contributed by atoms with van der Waals surface area (Å²) in [6.45, 7) is 15.3. The van der Waals surface area contributed by atoms with Gasteiger partial charge in [0.15, 0.2) is 0 Å². The Balaban J connectivity index is 0. The molecule has 0 aromatic heterocycles. The Bertz CT molecular complexity index is 119. The first-order valence-electron chi connectivity index (χ1n) is 6.91. The first-order chi connectivity index (χ1) is 7.22. The molecule has 0 radical (unpaired) electrons. The van der Waals surface area contributed by atoms with E-state index in [2.05, 4.69) is 25.8 Å². The fourth-order valence-electron chi connectivity index (χ4n) is 2.36. The molecule has 15 heavy (non-hydrogen) atoms. The molecule has 1 heterocycles. The molecule has 1 aliphatic rings. The van der Waals surface area contributed by atoms with Crippen molar-refractivity contribution in [1.82, 2.24) is 4.90 Å². The highest BCUT2D eigenvalue weighted by Gasteiger charge is 2.33. The molecular weight excluding hydrogens is 182 g/mol. The average molecular weight is 215 g/mol. The summed E-state index contributed by atoms with van der Waals surface area (Å²) >= 11 is 0. The van der Waals surface area contributed by atoms with Crippen LogP contribution in [0.2, 0.25) is 0 Å². The summed E-state index contributed by atoms with van der Waals surface area (Å²) in [6, 6.07) is 0. The van der Waals surface area contributed by atoms with Crippen LogP contribution in [0.5, 0.6) is 0 Å². The van der Waals surface area contributed by atoms with E-state index in [-0.39, 0.29) is 0 Å². The van der Waals surface area contributed by atoms with Crippen LogP contribution in [0.1, 0.15) is 67.2 Å². The molecule has 1 aliphatic heterocycles. The SMILES string of the molecule is CC.CC.CCCC1(CC)CCN(C)C1. The van der Waals surface area contributed by atoms with Crippen LogP contribution in [0.3, 0.4) is 0 Å². The first-order valence-corrected chi connectivity index (χ1v) is 6.91. The Hall–Kier alpha value is -0.0400. The molecule has 1 fully saturated rings. The molecule has 0 saturated carbocycles. The number of likely N-dealkylation sites (tertiary alicyclic amines) is 1. The predicted octanol–water partition coefficient (Wildman–Crippen LogP) is 4.57. The second-order valence-electron chi connectivity index (χ2n) is 4.09. The number of rotatable bonds is 3. The summed E-state index contributed by atoms with van der Waals surface area (Å²) in [5, 5.41) is 0. The number of hydrogen-bond acceptors (Lipinski definition) is 1. The molecule has 1 unspecified atom stereocenters. The average Bonchev–Trinajstić information content (AvgIpc) is 2.67. The van der Waals surface area contributed by atoms with E-state index >= 15 is 0 Å². The zero-order chi connectivity index (χ0) is 12.3. The van der Waals surface area contributed by atoms with E-state index in [1.54, 1.807) is 0 Å². The summed E-state index contributed by atoms with van der Waals surface area (Å²) in [6.07, 6.45) is 5.56. The van der Waals surface area contributed by atoms with Crippen LogP contribution in [0.15, 0.2) is 0 Å². The van der Waals surface area contributed by atoms with E-state index in [1.165, 1.54) is 38.8 Å². The van der Waals surface area contributed by atoms with E-state index in [0.717, 1.165) is 0 Å². The van der Waals surface area contributed by atoms with Crippen molar-refractivity contribution >= 4 is 0 Å². The van der Waals surface area contributed by atoms with Crippen LogP contribution >= 0.6 is 0 Å². The van der Waals surface area contributed by atoms with Crippen molar-refractivity contribution in [3.63, 3.8) is 0 Å². The third kappa shape index (κ3) is 6.19. The van der Waals surface area contributed by atoms with Crippen molar-refractivity contribution in [3.8, 4) is 0 Å². The van der Waals surface area contributed by atoms with E-state index < -0.39 is 0 Å². The van der Waals surface area contributed by atoms with E-state index in [0.29, 0.717) is 5.41 Å². The van der Waals surface area contributed by atoms with Gasteiger partial charge >= 0.3 is 0 Å². The van der Waals surface area contributed by atoms with Gasteiger partial charge in [0.05, 0.1) is 0 Å². The Kier molecular flexibility index (Phi) is 12.1. The topological polar surface area (TPSA) is 3.24 Å². The van der Waals surface area contributed by atoms with Gasteiger partial charge in [0.25, 0.3) is 0 Å². The maximum Gasteiger partial charge on any atom is 0.00353 e. The monoisotopic (exact) mass is 215 g/mol. The van der Waals surface area contributed by atoms with Gasteiger partial charge in [-0.25, -0.2) is 0 Å². The second kappa shape index (κ2) is 10.5. The van der Waals surface area contributed by atoms with Gasteiger partial charge in [0.1, 0.15) is 0 Å². The molecule has 0 N–H and O–H groups in total. The normalized spacial score (nSPS) is 25.0. The van der Waals surface area contributed by atoms with Crippen LogP contribution in [0.4, 0.5) is 0 Å². The third-order valence-corrected chi connectivity index (χ3v) is 3.16. The molecule has 1 rings (SSSR count). The highest BCUT2D eigenvalue weighted by molar-refractivity contribution is 4.86. The summed E-state index contributed by atoms with van der Waals surface area (Å²) in [5.74, 6) is 0. The van der Waals surface area contributed by atoms with Crippen LogP contribution in [0, 0.1) is 5.41 Å². The molecule has 0 spiro atoms. The van der Waals surface area contributed by atoms with Gasteiger partial charge in [0.2, 0.25) is 0 Å². The highest BCUT2D eigenvalue weighted by atomic mass is 15.1. The molecule has 1 heteroatoms. The van der Waals surface area contributed by atoms with Gasteiger partial charge in [-0.1, -0.05) is 48.0 Å². The molecule has 0 bridgehead atoms. The quantitative estimate of drug-likeness (QED) is 0.666. The number of nitrogens with zero attached hydrogens (tertiary/aromatic N) is 1. The minimum absolute atomic E-state index is 0.684. The van der Waals surface area contributed by atoms with Crippen molar-refractivity contribution in [3.05, 3.63) is 0 Å². The van der Waals surface area contributed by atoms with Gasteiger partial charge in [-0.3, -0.25) is 0 Å². The summed E-state index contributed by atoms with van der Waals surface area (Å²) < 4.78 is 0. The largest absolute Gasteiger partial charge is 0.306 e. The lowest BCUT2D eigenvalue weighted by molar-refractivity contribution is 0.248. The minimum atomic E-state index is 0.684. The highest BCUT2D eigenvalue weighted by Crippen LogP contribution is 2.37. The Morgan fingerprint density at radius 2 is 1.60 bits per heavy atom. The first kappa shape index (κ1) is 17.4. The molecule has 1 nitrogen and oxygen atoms in total. The maximum atomic E-state index is 2.47. The maximum absolute atomic E-state index is 2.47. The molecule has 0 aromatic carbocycles. The predicted molar refractivity (Wildman–Crippen MR) is 72.4 cm³/mol.